The Balaban J connectivity index is 1.41. The molecule has 0 aliphatic carbocycles. The number of amides is 1. The number of ether oxygens (including phenoxy) is 1. The third-order valence-electron chi connectivity index (χ3n) is 4.51. The Morgan fingerprint density at radius 2 is 1.77 bits per heavy atom. The van der Waals surface area contributed by atoms with Gasteiger partial charge in [0, 0.05) is 23.6 Å². The molecule has 0 saturated carbocycles. The summed E-state index contributed by atoms with van der Waals surface area (Å²) in [6, 6.07) is 16.7. The van der Waals surface area contributed by atoms with Gasteiger partial charge in [0.1, 0.15) is 5.01 Å². The molecule has 2 aromatic carbocycles. The summed E-state index contributed by atoms with van der Waals surface area (Å²) in [6.45, 7) is 3.59. The molecule has 0 spiro atoms. The number of aromatic nitrogens is 2. The molecule has 1 atom stereocenters. The van der Waals surface area contributed by atoms with E-state index in [1.165, 1.54) is 37.0 Å². The molecule has 0 fully saturated rings. The van der Waals surface area contributed by atoms with E-state index < -0.39 is 18.0 Å². The number of nitrogens with zero attached hydrogens (tertiary/aromatic N) is 2. The van der Waals surface area contributed by atoms with E-state index in [0.29, 0.717) is 11.3 Å². The molecule has 0 bridgehead atoms. The molecule has 0 saturated heterocycles. The summed E-state index contributed by atoms with van der Waals surface area (Å²) in [5.41, 5.74) is 4.12. The Bertz CT molecular complexity index is 1200. The zero-order valence-corrected chi connectivity index (χ0v) is 17.3. The Kier molecular flexibility index (Phi) is 5.54. The zero-order valence-electron chi connectivity index (χ0n) is 16.5. The standard InChI is InChI=1S/C23H19N3O3S/c1-14-3-8-19-20(13-14)30-22(26-19)16-4-6-18(7-5-16)25-21(27)15(2)29-23(28)17-9-11-24-12-10-17/h3-13,15H,1-2H3,(H,25,27)/t15-/m0/s1. The van der Waals surface area contributed by atoms with Crippen molar-refractivity contribution < 1.29 is 14.3 Å². The number of esters is 1. The van der Waals surface area contributed by atoms with E-state index in [1.54, 1.807) is 11.3 Å². The van der Waals surface area contributed by atoms with Crippen LogP contribution in [0.5, 0.6) is 0 Å². The van der Waals surface area contributed by atoms with E-state index >= 15 is 0 Å². The van der Waals surface area contributed by atoms with E-state index in [9.17, 15) is 9.59 Å². The molecule has 30 heavy (non-hydrogen) atoms. The number of carbonyl (C=O) groups excluding carboxylic acids is 2. The maximum absolute atomic E-state index is 12.4. The van der Waals surface area contributed by atoms with Crippen molar-refractivity contribution in [1.29, 1.82) is 0 Å². The number of rotatable bonds is 5. The fourth-order valence-electron chi connectivity index (χ4n) is 2.87. The Hall–Kier alpha value is -3.58. The number of hydrogen-bond acceptors (Lipinski definition) is 6. The van der Waals surface area contributed by atoms with E-state index in [4.69, 9.17) is 4.74 Å². The molecule has 0 unspecified atom stereocenters. The van der Waals surface area contributed by atoms with Crippen molar-refractivity contribution in [3.8, 4) is 10.6 Å². The minimum atomic E-state index is -0.933. The number of carbonyl (C=O) groups is 2. The minimum Gasteiger partial charge on any atom is -0.449 e. The van der Waals surface area contributed by atoms with Crippen molar-refractivity contribution in [3.05, 3.63) is 78.1 Å². The smallest absolute Gasteiger partial charge is 0.339 e. The molecule has 0 aliphatic heterocycles. The first kappa shape index (κ1) is 19.7. The molecular formula is C23H19N3O3S. The van der Waals surface area contributed by atoms with Gasteiger partial charge < -0.3 is 10.1 Å². The summed E-state index contributed by atoms with van der Waals surface area (Å²) in [5, 5.41) is 3.69. The third-order valence-corrected chi connectivity index (χ3v) is 5.58. The number of nitrogens with one attached hydrogen (secondary N) is 1. The van der Waals surface area contributed by atoms with Crippen LogP contribution in [0.2, 0.25) is 0 Å². The first-order valence-electron chi connectivity index (χ1n) is 9.39. The lowest BCUT2D eigenvalue weighted by atomic mass is 10.2. The zero-order chi connectivity index (χ0) is 21.1. The first-order chi connectivity index (χ1) is 14.5. The predicted molar refractivity (Wildman–Crippen MR) is 118 cm³/mol. The van der Waals surface area contributed by atoms with Crippen LogP contribution in [-0.4, -0.2) is 27.9 Å². The van der Waals surface area contributed by atoms with Crippen LogP contribution < -0.4 is 5.32 Å². The SMILES string of the molecule is Cc1ccc2nc(-c3ccc(NC(=O)[C@H](C)OC(=O)c4ccncc4)cc3)sc2c1. The summed E-state index contributed by atoms with van der Waals surface area (Å²) < 4.78 is 6.37. The summed E-state index contributed by atoms with van der Waals surface area (Å²) >= 11 is 1.63. The maximum atomic E-state index is 12.4. The highest BCUT2D eigenvalue weighted by Gasteiger charge is 2.19. The number of fused-ring (bicyclic) bond motifs is 1. The minimum absolute atomic E-state index is 0.347. The number of benzene rings is 2. The Morgan fingerprint density at radius 1 is 1.03 bits per heavy atom. The van der Waals surface area contributed by atoms with Gasteiger partial charge in [-0.2, -0.15) is 0 Å². The molecule has 6 nitrogen and oxygen atoms in total. The third kappa shape index (κ3) is 4.36. The molecule has 4 aromatic rings. The van der Waals surface area contributed by atoms with Crippen molar-refractivity contribution in [2.45, 2.75) is 20.0 Å². The number of thiazole rings is 1. The lowest BCUT2D eigenvalue weighted by Gasteiger charge is -2.13. The second-order valence-corrected chi connectivity index (χ2v) is 7.87. The van der Waals surface area contributed by atoms with Gasteiger partial charge in [-0.3, -0.25) is 9.78 Å². The molecule has 2 aromatic heterocycles. The highest BCUT2D eigenvalue weighted by molar-refractivity contribution is 7.21. The van der Waals surface area contributed by atoms with Crippen LogP contribution >= 0.6 is 11.3 Å². The lowest BCUT2D eigenvalue weighted by Crippen LogP contribution is -2.30. The van der Waals surface area contributed by atoms with Crippen LogP contribution in [0.3, 0.4) is 0 Å². The number of pyridine rings is 1. The van der Waals surface area contributed by atoms with Crippen LogP contribution in [0, 0.1) is 6.92 Å². The number of anilines is 1. The lowest BCUT2D eigenvalue weighted by molar-refractivity contribution is -0.123. The number of aryl methyl sites for hydroxylation is 1. The maximum Gasteiger partial charge on any atom is 0.339 e. The second kappa shape index (κ2) is 8.42. The van der Waals surface area contributed by atoms with Crippen molar-refractivity contribution >= 4 is 39.1 Å². The van der Waals surface area contributed by atoms with Crippen LogP contribution in [0.15, 0.2) is 67.0 Å². The van der Waals surface area contributed by atoms with Crippen molar-refractivity contribution in [2.24, 2.45) is 0 Å². The average molecular weight is 417 g/mol. The van der Waals surface area contributed by atoms with Gasteiger partial charge in [0.15, 0.2) is 6.10 Å². The quantitative estimate of drug-likeness (QED) is 0.470. The topological polar surface area (TPSA) is 81.2 Å². The summed E-state index contributed by atoms with van der Waals surface area (Å²) in [5.74, 6) is -0.970. The Labute approximate surface area is 177 Å². The predicted octanol–water partition coefficient (Wildman–Crippen LogP) is 4.85. The molecular weight excluding hydrogens is 398 g/mol. The molecule has 150 valence electrons. The van der Waals surface area contributed by atoms with Gasteiger partial charge >= 0.3 is 5.97 Å². The van der Waals surface area contributed by atoms with Crippen LogP contribution in [0.1, 0.15) is 22.8 Å². The second-order valence-electron chi connectivity index (χ2n) is 6.84. The van der Waals surface area contributed by atoms with Crippen LogP contribution in [0.25, 0.3) is 20.8 Å². The van der Waals surface area contributed by atoms with Gasteiger partial charge in [-0.15, -0.1) is 11.3 Å². The summed E-state index contributed by atoms with van der Waals surface area (Å²) in [4.78, 5) is 33.0. The molecule has 1 amide bonds. The fraction of sp³-hybridized carbons (Fsp3) is 0.130. The van der Waals surface area contributed by atoms with Crippen LogP contribution in [0.4, 0.5) is 5.69 Å². The molecule has 4 rings (SSSR count). The summed E-state index contributed by atoms with van der Waals surface area (Å²) in [6.07, 6.45) is 2.06. The summed E-state index contributed by atoms with van der Waals surface area (Å²) in [7, 11) is 0. The fourth-order valence-corrected chi connectivity index (χ4v) is 3.93. The molecule has 0 aliphatic rings. The van der Waals surface area contributed by atoms with Crippen molar-refractivity contribution in [1.82, 2.24) is 9.97 Å². The first-order valence-corrected chi connectivity index (χ1v) is 10.2. The van der Waals surface area contributed by atoms with Gasteiger partial charge in [0.05, 0.1) is 15.8 Å². The van der Waals surface area contributed by atoms with Crippen molar-refractivity contribution in [2.75, 3.05) is 5.32 Å². The molecule has 0 radical (unpaired) electrons. The normalized spacial score (nSPS) is 11.8. The van der Waals surface area contributed by atoms with E-state index in [2.05, 4.69) is 28.3 Å². The van der Waals surface area contributed by atoms with Gasteiger partial charge in [-0.05, 0) is 67.9 Å². The largest absolute Gasteiger partial charge is 0.449 e. The number of hydrogen-bond donors (Lipinski definition) is 1. The van der Waals surface area contributed by atoms with E-state index in [0.717, 1.165) is 20.8 Å². The van der Waals surface area contributed by atoms with Gasteiger partial charge in [0.2, 0.25) is 0 Å². The van der Waals surface area contributed by atoms with Crippen molar-refractivity contribution in [3.63, 3.8) is 0 Å². The van der Waals surface area contributed by atoms with E-state index in [-0.39, 0.29) is 0 Å². The highest BCUT2D eigenvalue weighted by atomic mass is 32.1. The highest BCUT2D eigenvalue weighted by Crippen LogP contribution is 2.31. The van der Waals surface area contributed by atoms with Crippen LogP contribution in [-0.2, 0) is 9.53 Å². The van der Waals surface area contributed by atoms with Gasteiger partial charge in [-0.1, -0.05) is 6.07 Å². The monoisotopic (exact) mass is 417 g/mol. The van der Waals surface area contributed by atoms with Gasteiger partial charge in [-0.25, -0.2) is 9.78 Å². The molecule has 2 heterocycles. The van der Waals surface area contributed by atoms with E-state index in [1.807, 2.05) is 36.4 Å². The van der Waals surface area contributed by atoms with Gasteiger partial charge in [0.25, 0.3) is 5.91 Å². The average Bonchev–Trinajstić information content (AvgIpc) is 3.18. The Morgan fingerprint density at radius 3 is 2.50 bits per heavy atom. The molecule has 7 heteroatoms. The molecule has 1 N–H and O–H groups in total.